The van der Waals surface area contributed by atoms with E-state index in [4.69, 9.17) is 14.9 Å². The van der Waals surface area contributed by atoms with E-state index in [2.05, 4.69) is 4.74 Å². The average Bonchev–Trinajstić information content (AvgIpc) is 2.98. The van der Waals surface area contributed by atoms with Crippen molar-refractivity contribution in [1.82, 2.24) is 9.55 Å². The fourth-order valence-corrected chi connectivity index (χ4v) is 2.43. The Balaban J connectivity index is 0.000000222. The van der Waals surface area contributed by atoms with Crippen molar-refractivity contribution in [1.29, 1.82) is 0 Å². The van der Waals surface area contributed by atoms with E-state index < -0.39 is 54.1 Å². The number of aromatic nitrogens is 2. The minimum Gasteiger partial charge on any atom is -0.508 e. The number of aromatic hydroxyl groups is 1. The van der Waals surface area contributed by atoms with Crippen LogP contribution in [0.1, 0.15) is 13.2 Å². The van der Waals surface area contributed by atoms with Crippen LogP contribution in [0.2, 0.25) is 0 Å². The predicted octanol–water partition coefficient (Wildman–Crippen LogP) is -1.97. The van der Waals surface area contributed by atoms with E-state index in [9.17, 15) is 29.4 Å². The lowest BCUT2D eigenvalue weighted by molar-refractivity contribution is -0.146. The molecule has 1 aliphatic heterocycles. The molecule has 1 aliphatic rings. The summed E-state index contributed by atoms with van der Waals surface area (Å²) in [6.07, 6.45) is -3.58. The molecule has 1 aromatic carbocycles. The van der Waals surface area contributed by atoms with Gasteiger partial charge in [-0.25, -0.2) is 9.59 Å². The number of carbonyl (C=O) groups is 2. The number of carbonyl (C=O) groups excluding carboxylic acids is 2. The molecule has 1 aromatic heterocycles. The number of ketones is 1. The highest BCUT2D eigenvalue weighted by Gasteiger charge is 2.43. The highest BCUT2D eigenvalue weighted by atomic mass is 16.6. The van der Waals surface area contributed by atoms with Gasteiger partial charge in [0.25, 0.3) is 5.56 Å². The summed E-state index contributed by atoms with van der Waals surface area (Å²) in [6, 6.07) is 6.62. The average molecular weight is 424 g/mol. The van der Waals surface area contributed by atoms with Crippen molar-refractivity contribution >= 4 is 11.8 Å². The summed E-state index contributed by atoms with van der Waals surface area (Å²) >= 11 is 0. The molecule has 0 bridgehead atoms. The molecule has 12 nitrogen and oxygen atoms in total. The molecule has 0 radical (unpaired) electrons. The lowest BCUT2D eigenvalue weighted by atomic mass is 10.1. The van der Waals surface area contributed by atoms with E-state index >= 15 is 0 Å². The first kappa shape index (κ1) is 23.0. The molecule has 3 rings (SSSR count). The minimum absolute atomic E-state index is 0.0719. The van der Waals surface area contributed by atoms with E-state index in [1.165, 1.54) is 24.3 Å². The van der Waals surface area contributed by atoms with Gasteiger partial charge in [-0.15, -0.1) is 0 Å². The van der Waals surface area contributed by atoms with Crippen LogP contribution in [0.25, 0.3) is 0 Å². The van der Waals surface area contributed by atoms with Crippen molar-refractivity contribution in [3.05, 3.63) is 57.4 Å². The number of nitrogens with one attached hydrogen (secondary N) is 1. The van der Waals surface area contributed by atoms with E-state index in [1.807, 2.05) is 4.98 Å². The molecule has 2 aromatic rings. The first-order valence-electron chi connectivity index (χ1n) is 8.59. The zero-order chi connectivity index (χ0) is 22.4. The molecule has 0 amide bonds. The smallest absolute Gasteiger partial charge is 0.379 e. The van der Waals surface area contributed by atoms with Crippen LogP contribution in [0.15, 0.2) is 46.1 Å². The van der Waals surface area contributed by atoms with Gasteiger partial charge in [0.2, 0.25) is 5.78 Å². The summed E-state index contributed by atoms with van der Waals surface area (Å²) in [5, 5.41) is 37.0. The molecule has 0 aliphatic carbocycles. The number of aromatic amines is 1. The number of benzene rings is 1. The Bertz CT molecular complexity index is 997. The van der Waals surface area contributed by atoms with Crippen molar-refractivity contribution in [2.45, 2.75) is 31.5 Å². The molecule has 0 unspecified atom stereocenters. The zero-order valence-electron chi connectivity index (χ0n) is 15.7. The Morgan fingerprint density at radius 3 is 2.27 bits per heavy atom. The first-order chi connectivity index (χ1) is 14.1. The third-order valence-corrected chi connectivity index (χ3v) is 3.98. The van der Waals surface area contributed by atoms with Gasteiger partial charge >= 0.3 is 11.7 Å². The van der Waals surface area contributed by atoms with E-state index in [1.54, 1.807) is 0 Å². The summed E-state index contributed by atoms with van der Waals surface area (Å²) in [5.74, 6) is -1.26. The van der Waals surface area contributed by atoms with Gasteiger partial charge in [-0.3, -0.25) is 19.1 Å². The maximum absolute atomic E-state index is 11.4. The van der Waals surface area contributed by atoms with Gasteiger partial charge < -0.3 is 29.9 Å². The van der Waals surface area contributed by atoms with Gasteiger partial charge in [0.05, 0.1) is 6.61 Å². The Hall–Kier alpha value is -3.32. The van der Waals surface area contributed by atoms with Crippen LogP contribution in [-0.2, 0) is 14.3 Å². The van der Waals surface area contributed by atoms with Crippen molar-refractivity contribution in [2.75, 3.05) is 6.61 Å². The van der Waals surface area contributed by atoms with Gasteiger partial charge in [0.15, 0.2) is 6.23 Å². The Kier molecular flexibility index (Phi) is 7.60. The van der Waals surface area contributed by atoms with Crippen molar-refractivity contribution < 1.29 is 39.5 Å². The summed E-state index contributed by atoms with van der Waals surface area (Å²) in [5.41, 5.74) is -1.33. The third kappa shape index (κ3) is 5.61. The number of rotatable bonds is 4. The van der Waals surface area contributed by atoms with Crippen LogP contribution >= 0.6 is 0 Å². The van der Waals surface area contributed by atoms with Gasteiger partial charge in [0.1, 0.15) is 29.8 Å². The van der Waals surface area contributed by atoms with Gasteiger partial charge in [-0.1, -0.05) is 0 Å². The number of hydrogen-bond donors (Lipinski definition) is 5. The number of aliphatic hydroxyl groups excluding tert-OH is 3. The molecule has 162 valence electrons. The monoisotopic (exact) mass is 424 g/mol. The molecule has 0 saturated carbocycles. The van der Waals surface area contributed by atoms with Gasteiger partial charge in [0, 0.05) is 19.2 Å². The SMILES string of the molecule is CC(=O)C(=O)Oc1ccc(O)cc1.O=c1ccn([C@@H]2O[C@H](CO)[C@@H](O)[C@H]2O)c(=O)[nH]1. The van der Waals surface area contributed by atoms with Crippen LogP contribution in [0.4, 0.5) is 0 Å². The second-order valence-corrected chi connectivity index (χ2v) is 6.19. The normalized spacial score (nSPS) is 22.7. The minimum atomic E-state index is -1.35. The standard InChI is InChI=1S/C9H12N2O6.C9H8O4/c12-3-4-6(14)7(15)8(17-4)11-2-1-5(13)10-9(11)16;1-6(10)9(12)13-8-4-2-7(11)3-5-8/h1-2,4,6-8,12,14-15H,3H2,(H,10,13,16);2-5,11H,1H3/t4-,6-,7-,8-;/m1./s1. The largest absolute Gasteiger partial charge is 0.508 e. The Morgan fingerprint density at radius 2 is 1.77 bits per heavy atom. The third-order valence-electron chi connectivity index (χ3n) is 3.98. The van der Waals surface area contributed by atoms with E-state index in [0.717, 1.165) is 23.8 Å². The topological polar surface area (TPSA) is 188 Å². The molecule has 1 saturated heterocycles. The van der Waals surface area contributed by atoms with Gasteiger partial charge in [-0.2, -0.15) is 0 Å². The van der Waals surface area contributed by atoms with Crippen LogP contribution in [-0.4, -0.2) is 66.6 Å². The van der Waals surface area contributed by atoms with Crippen molar-refractivity contribution in [2.24, 2.45) is 0 Å². The predicted molar refractivity (Wildman–Crippen MR) is 98.8 cm³/mol. The highest BCUT2D eigenvalue weighted by Crippen LogP contribution is 2.27. The lowest BCUT2D eigenvalue weighted by Crippen LogP contribution is -2.37. The fourth-order valence-electron chi connectivity index (χ4n) is 2.43. The summed E-state index contributed by atoms with van der Waals surface area (Å²) in [4.78, 5) is 45.6. The lowest BCUT2D eigenvalue weighted by Gasteiger charge is -2.16. The second-order valence-electron chi connectivity index (χ2n) is 6.19. The molecule has 12 heteroatoms. The molecule has 5 N–H and O–H groups in total. The van der Waals surface area contributed by atoms with E-state index in [-0.39, 0.29) is 11.5 Å². The van der Waals surface area contributed by atoms with Gasteiger partial charge in [-0.05, 0) is 24.3 Å². The number of hydrogen-bond acceptors (Lipinski definition) is 10. The summed E-state index contributed by atoms with van der Waals surface area (Å²) in [7, 11) is 0. The zero-order valence-corrected chi connectivity index (χ0v) is 15.7. The maximum atomic E-state index is 11.4. The molecular formula is C18H20N2O10. The summed E-state index contributed by atoms with van der Waals surface area (Å²) in [6.45, 7) is 0.648. The number of phenols is 1. The van der Waals surface area contributed by atoms with Crippen LogP contribution < -0.4 is 16.0 Å². The molecule has 1 fully saturated rings. The van der Waals surface area contributed by atoms with Crippen molar-refractivity contribution in [3.8, 4) is 11.5 Å². The fraction of sp³-hybridized carbons (Fsp3) is 0.333. The summed E-state index contributed by atoms with van der Waals surface area (Å²) < 4.78 is 10.7. The molecule has 30 heavy (non-hydrogen) atoms. The van der Waals surface area contributed by atoms with Crippen LogP contribution in [0, 0.1) is 0 Å². The van der Waals surface area contributed by atoms with E-state index in [0.29, 0.717) is 0 Å². The number of phenolic OH excluding ortho intramolecular Hbond substituents is 1. The number of aliphatic hydroxyl groups is 3. The first-order valence-corrected chi connectivity index (χ1v) is 8.59. The Labute approximate surface area is 168 Å². The number of esters is 1. The number of H-pyrrole nitrogens is 1. The maximum Gasteiger partial charge on any atom is 0.379 e. The highest BCUT2D eigenvalue weighted by molar-refractivity contribution is 6.33. The van der Waals surface area contributed by atoms with Crippen LogP contribution in [0.3, 0.4) is 0 Å². The number of nitrogens with zero attached hydrogens (tertiary/aromatic N) is 1. The van der Waals surface area contributed by atoms with Crippen molar-refractivity contribution in [3.63, 3.8) is 0 Å². The molecule has 0 spiro atoms. The molecular weight excluding hydrogens is 404 g/mol. The quantitative estimate of drug-likeness (QED) is 0.209. The molecule has 2 heterocycles. The Morgan fingerprint density at radius 1 is 1.13 bits per heavy atom. The number of Topliss-reactive ketones (excluding diaryl/α,β-unsaturated/α-hetero) is 1. The number of ether oxygens (including phenoxy) is 2. The van der Waals surface area contributed by atoms with Crippen LogP contribution in [0.5, 0.6) is 11.5 Å². The second kappa shape index (κ2) is 9.93. The molecule has 4 atom stereocenters.